The predicted molar refractivity (Wildman–Crippen MR) is 60.8 cm³/mol. The number of ketones is 1. The Balaban J connectivity index is 2.49. The first-order chi connectivity index (χ1) is 7.00. The molecule has 1 atom stereocenters. The number of carbonyl (C=O) groups excluding carboxylic acids is 1. The SMILES string of the molecule is CCC(O)(CC)CN1CCC(=O)C(C)C1. The van der Waals surface area contributed by atoms with Gasteiger partial charge in [0.2, 0.25) is 0 Å². The third-order valence-corrected chi connectivity index (χ3v) is 3.59. The van der Waals surface area contributed by atoms with E-state index in [0.29, 0.717) is 18.7 Å². The third-order valence-electron chi connectivity index (χ3n) is 3.59. The van der Waals surface area contributed by atoms with E-state index in [1.165, 1.54) is 0 Å². The van der Waals surface area contributed by atoms with Gasteiger partial charge in [-0.25, -0.2) is 0 Å². The van der Waals surface area contributed by atoms with E-state index in [1.54, 1.807) is 0 Å². The standard InChI is InChI=1S/C12H23NO2/c1-4-12(15,5-2)9-13-7-6-11(14)10(3)8-13/h10,15H,4-9H2,1-3H3. The highest BCUT2D eigenvalue weighted by atomic mass is 16.3. The van der Waals surface area contributed by atoms with Crippen molar-refractivity contribution in [3.63, 3.8) is 0 Å². The molecule has 1 aliphatic rings. The number of likely N-dealkylation sites (tertiary alicyclic amines) is 1. The summed E-state index contributed by atoms with van der Waals surface area (Å²) in [6, 6.07) is 0. The molecule has 15 heavy (non-hydrogen) atoms. The summed E-state index contributed by atoms with van der Waals surface area (Å²) in [5.74, 6) is 0.500. The molecule has 0 amide bonds. The van der Waals surface area contributed by atoms with E-state index in [0.717, 1.165) is 25.9 Å². The van der Waals surface area contributed by atoms with Crippen LogP contribution in [0.1, 0.15) is 40.0 Å². The summed E-state index contributed by atoms with van der Waals surface area (Å²) in [7, 11) is 0. The van der Waals surface area contributed by atoms with Crippen molar-refractivity contribution < 1.29 is 9.90 Å². The number of β-amino-alcohol motifs (C(OH)–C–C–N with tert-alkyl or cyclic N) is 1. The van der Waals surface area contributed by atoms with Gasteiger partial charge in [0.15, 0.2) is 0 Å². The lowest BCUT2D eigenvalue weighted by Gasteiger charge is -2.36. The van der Waals surface area contributed by atoms with Crippen LogP contribution in [0.5, 0.6) is 0 Å². The monoisotopic (exact) mass is 213 g/mol. The van der Waals surface area contributed by atoms with Gasteiger partial charge in [-0.05, 0) is 12.8 Å². The molecule has 0 aromatic rings. The normalized spacial score (nSPS) is 24.5. The van der Waals surface area contributed by atoms with Crippen LogP contribution in [0.25, 0.3) is 0 Å². The second-order valence-corrected chi connectivity index (χ2v) is 4.78. The molecule has 1 unspecified atom stereocenters. The zero-order valence-electron chi connectivity index (χ0n) is 10.1. The van der Waals surface area contributed by atoms with E-state index >= 15 is 0 Å². The summed E-state index contributed by atoms with van der Waals surface area (Å²) in [5, 5.41) is 10.2. The number of hydrogen-bond acceptors (Lipinski definition) is 3. The van der Waals surface area contributed by atoms with Gasteiger partial charge < -0.3 is 5.11 Å². The molecule has 1 heterocycles. The van der Waals surface area contributed by atoms with Crippen LogP contribution in [0.15, 0.2) is 0 Å². The number of hydrogen-bond donors (Lipinski definition) is 1. The molecule has 0 saturated carbocycles. The van der Waals surface area contributed by atoms with Gasteiger partial charge in [0, 0.05) is 32.0 Å². The molecule has 88 valence electrons. The Morgan fingerprint density at radius 2 is 2.07 bits per heavy atom. The molecule has 3 nitrogen and oxygen atoms in total. The largest absolute Gasteiger partial charge is 0.389 e. The maximum absolute atomic E-state index is 11.4. The lowest BCUT2D eigenvalue weighted by Crippen LogP contribution is -2.48. The Kier molecular flexibility index (Phi) is 4.29. The number of nitrogens with zero attached hydrogens (tertiary/aromatic N) is 1. The van der Waals surface area contributed by atoms with Crippen LogP contribution in [-0.2, 0) is 4.79 Å². The van der Waals surface area contributed by atoms with Gasteiger partial charge in [0.1, 0.15) is 5.78 Å². The van der Waals surface area contributed by atoms with Crippen molar-refractivity contribution in [3.05, 3.63) is 0 Å². The first kappa shape index (κ1) is 12.7. The maximum Gasteiger partial charge on any atom is 0.138 e. The van der Waals surface area contributed by atoms with Crippen molar-refractivity contribution in [2.45, 2.75) is 45.6 Å². The van der Waals surface area contributed by atoms with Crippen molar-refractivity contribution in [2.75, 3.05) is 19.6 Å². The van der Waals surface area contributed by atoms with Gasteiger partial charge in [-0.15, -0.1) is 0 Å². The third kappa shape index (κ3) is 3.28. The number of rotatable bonds is 4. The van der Waals surface area contributed by atoms with Crippen LogP contribution in [0.3, 0.4) is 0 Å². The van der Waals surface area contributed by atoms with Crippen molar-refractivity contribution in [3.8, 4) is 0 Å². The molecule has 1 rings (SSSR count). The molecule has 1 fully saturated rings. The zero-order chi connectivity index (χ0) is 11.5. The highest BCUT2D eigenvalue weighted by Gasteiger charge is 2.30. The Morgan fingerprint density at radius 3 is 2.53 bits per heavy atom. The Labute approximate surface area is 92.5 Å². The molecule has 0 aliphatic carbocycles. The van der Waals surface area contributed by atoms with Gasteiger partial charge in [-0.3, -0.25) is 9.69 Å². The molecule has 1 aliphatic heterocycles. The van der Waals surface area contributed by atoms with Crippen molar-refractivity contribution in [1.82, 2.24) is 4.90 Å². The van der Waals surface area contributed by atoms with Crippen molar-refractivity contribution in [2.24, 2.45) is 5.92 Å². The summed E-state index contributed by atoms with van der Waals surface area (Å²) in [5.41, 5.74) is -0.569. The highest BCUT2D eigenvalue weighted by Crippen LogP contribution is 2.20. The fraction of sp³-hybridized carbons (Fsp3) is 0.917. The fourth-order valence-corrected chi connectivity index (χ4v) is 2.13. The molecule has 0 bridgehead atoms. The quantitative estimate of drug-likeness (QED) is 0.768. The molecular formula is C12H23NO2. The van der Waals surface area contributed by atoms with E-state index < -0.39 is 5.60 Å². The fourth-order valence-electron chi connectivity index (χ4n) is 2.13. The van der Waals surface area contributed by atoms with Gasteiger partial charge >= 0.3 is 0 Å². The van der Waals surface area contributed by atoms with E-state index in [9.17, 15) is 9.90 Å². The average Bonchev–Trinajstić information content (AvgIpc) is 2.23. The van der Waals surface area contributed by atoms with Crippen LogP contribution in [-0.4, -0.2) is 41.0 Å². The van der Waals surface area contributed by atoms with E-state index in [2.05, 4.69) is 4.90 Å². The summed E-state index contributed by atoms with van der Waals surface area (Å²) in [6.07, 6.45) is 2.20. The average molecular weight is 213 g/mol. The Bertz CT molecular complexity index is 224. The number of carbonyl (C=O) groups is 1. The van der Waals surface area contributed by atoms with E-state index in [-0.39, 0.29) is 5.92 Å². The highest BCUT2D eigenvalue weighted by molar-refractivity contribution is 5.81. The minimum absolute atomic E-state index is 0.136. The van der Waals surface area contributed by atoms with Crippen LogP contribution >= 0.6 is 0 Å². The van der Waals surface area contributed by atoms with Crippen LogP contribution in [0.4, 0.5) is 0 Å². The molecule has 0 aromatic carbocycles. The molecule has 0 aromatic heterocycles. The van der Waals surface area contributed by atoms with Crippen LogP contribution in [0, 0.1) is 5.92 Å². The summed E-state index contributed by atoms with van der Waals surface area (Å²) in [4.78, 5) is 13.6. The van der Waals surface area contributed by atoms with Gasteiger partial charge in [0.25, 0.3) is 0 Å². The topological polar surface area (TPSA) is 40.5 Å². The maximum atomic E-state index is 11.4. The smallest absolute Gasteiger partial charge is 0.138 e. The van der Waals surface area contributed by atoms with Crippen LogP contribution < -0.4 is 0 Å². The summed E-state index contributed by atoms with van der Waals surface area (Å²) in [6.45, 7) is 8.33. The van der Waals surface area contributed by atoms with Gasteiger partial charge in [0.05, 0.1) is 5.60 Å². The number of Topliss-reactive ketones (excluding diaryl/α,β-unsaturated/α-hetero) is 1. The molecule has 1 N–H and O–H groups in total. The molecule has 3 heteroatoms. The minimum Gasteiger partial charge on any atom is -0.389 e. The lowest BCUT2D eigenvalue weighted by atomic mass is 9.93. The van der Waals surface area contributed by atoms with Gasteiger partial charge in [-0.1, -0.05) is 20.8 Å². The first-order valence-electron chi connectivity index (χ1n) is 5.98. The first-order valence-corrected chi connectivity index (χ1v) is 5.98. The number of aliphatic hydroxyl groups is 1. The van der Waals surface area contributed by atoms with Gasteiger partial charge in [-0.2, -0.15) is 0 Å². The summed E-state index contributed by atoms with van der Waals surface area (Å²) < 4.78 is 0. The zero-order valence-corrected chi connectivity index (χ0v) is 10.1. The van der Waals surface area contributed by atoms with E-state index in [4.69, 9.17) is 0 Å². The minimum atomic E-state index is -0.569. The van der Waals surface area contributed by atoms with Crippen LogP contribution in [0.2, 0.25) is 0 Å². The Hall–Kier alpha value is -0.410. The van der Waals surface area contributed by atoms with E-state index in [1.807, 2.05) is 20.8 Å². The number of piperidine rings is 1. The molecule has 1 saturated heterocycles. The molecule has 0 radical (unpaired) electrons. The van der Waals surface area contributed by atoms with Crippen molar-refractivity contribution in [1.29, 1.82) is 0 Å². The lowest BCUT2D eigenvalue weighted by molar-refractivity contribution is -0.126. The van der Waals surface area contributed by atoms with Crippen molar-refractivity contribution >= 4 is 5.78 Å². The second-order valence-electron chi connectivity index (χ2n) is 4.78. The molecular weight excluding hydrogens is 190 g/mol. The predicted octanol–water partition coefficient (Wildman–Crippen LogP) is 1.45. The summed E-state index contributed by atoms with van der Waals surface area (Å²) >= 11 is 0. The second kappa shape index (κ2) is 5.08. The Morgan fingerprint density at radius 1 is 1.47 bits per heavy atom. The molecule has 0 spiro atoms.